The number of fused-ring (bicyclic) bond motifs is 1. The number of anilines is 1. The van der Waals surface area contributed by atoms with Crippen molar-refractivity contribution in [3.8, 4) is 0 Å². The molecule has 4 aromatic carbocycles. The van der Waals surface area contributed by atoms with Crippen molar-refractivity contribution in [1.29, 1.82) is 0 Å². The highest BCUT2D eigenvalue weighted by atomic mass is 28.4. The van der Waals surface area contributed by atoms with Crippen LogP contribution in [0.15, 0.2) is 115 Å². The highest BCUT2D eigenvalue weighted by molar-refractivity contribution is 6.74. The first-order valence-electron chi connectivity index (χ1n) is 13.0. The van der Waals surface area contributed by atoms with Crippen molar-refractivity contribution in [1.82, 2.24) is 0 Å². The number of benzene rings is 4. The van der Waals surface area contributed by atoms with Crippen LogP contribution in [0.5, 0.6) is 0 Å². The number of nitrogens with zero attached hydrogens (tertiary/aromatic N) is 1. The summed E-state index contributed by atoms with van der Waals surface area (Å²) in [4.78, 5) is 2.59. The molecule has 0 saturated carbocycles. The third kappa shape index (κ3) is 4.72. The normalized spacial score (nSPS) is 18.7. The Labute approximate surface area is 217 Å². The van der Waals surface area contributed by atoms with Crippen LogP contribution in [0.1, 0.15) is 50.4 Å². The molecule has 1 aliphatic rings. The van der Waals surface area contributed by atoms with E-state index in [9.17, 15) is 0 Å². The first kappa shape index (κ1) is 24.4. The molecule has 3 heteroatoms. The van der Waals surface area contributed by atoms with Gasteiger partial charge in [-0.25, -0.2) is 0 Å². The van der Waals surface area contributed by atoms with Crippen molar-refractivity contribution in [3.05, 3.63) is 126 Å². The number of hydrogen-bond donors (Lipinski definition) is 0. The summed E-state index contributed by atoms with van der Waals surface area (Å²) < 4.78 is 7.02. The van der Waals surface area contributed by atoms with Crippen molar-refractivity contribution in [2.24, 2.45) is 0 Å². The van der Waals surface area contributed by atoms with Gasteiger partial charge in [0, 0.05) is 12.1 Å². The van der Waals surface area contributed by atoms with Gasteiger partial charge in [-0.1, -0.05) is 112 Å². The quantitative estimate of drug-likeness (QED) is 0.258. The van der Waals surface area contributed by atoms with Crippen molar-refractivity contribution in [2.75, 3.05) is 4.90 Å². The van der Waals surface area contributed by atoms with Gasteiger partial charge in [0.1, 0.15) is 0 Å². The van der Waals surface area contributed by atoms with E-state index in [0.717, 1.165) is 12.2 Å². The second-order valence-electron chi connectivity index (χ2n) is 11.4. The lowest BCUT2D eigenvalue weighted by Gasteiger charge is -2.46. The van der Waals surface area contributed by atoms with Gasteiger partial charge in [0.15, 0.2) is 0 Å². The molecule has 0 radical (unpaired) electrons. The zero-order valence-corrected chi connectivity index (χ0v) is 23.1. The molecule has 2 nitrogen and oxygen atoms in total. The lowest BCUT2D eigenvalue weighted by molar-refractivity contribution is 0.333. The van der Waals surface area contributed by atoms with E-state index in [1.807, 2.05) is 0 Å². The zero-order valence-electron chi connectivity index (χ0n) is 22.1. The van der Waals surface area contributed by atoms with E-state index in [0.29, 0.717) is 0 Å². The molecule has 0 N–H and O–H groups in total. The molecule has 0 aliphatic carbocycles. The number of hydrogen-bond acceptors (Lipinski definition) is 2. The molecule has 0 saturated heterocycles. The van der Waals surface area contributed by atoms with E-state index in [1.165, 1.54) is 27.6 Å². The minimum absolute atomic E-state index is 0.0530. The van der Waals surface area contributed by atoms with E-state index in [1.54, 1.807) is 0 Å². The van der Waals surface area contributed by atoms with Crippen LogP contribution in [-0.4, -0.2) is 8.32 Å². The third-order valence-electron chi connectivity index (χ3n) is 7.95. The molecule has 1 heterocycles. The summed E-state index contributed by atoms with van der Waals surface area (Å²) >= 11 is 0. The first-order chi connectivity index (χ1) is 17.2. The summed E-state index contributed by atoms with van der Waals surface area (Å²) in [7, 11) is -2.00. The molecule has 4 aromatic rings. The smallest absolute Gasteiger partial charge is 0.250 e. The van der Waals surface area contributed by atoms with Crippen molar-refractivity contribution >= 4 is 24.8 Å². The largest absolute Gasteiger partial charge is 0.547 e. The maximum Gasteiger partial charge on any atom is 0.250 e. The second kappa shape index (κ2) is 9.63. The maximum atomic E-state index is 7.02. The molecule has 1 aliphatic heterocycles. The topological polar surface area (TPSA) is 12.5 Å². The predicted octanol–water partition coefficient (Wildman–Crippen LogP) is 9.44. The highest BCUT2D eigenvalue weighted by Gasteiger charge is 2.42. The van der Waals surface area contributed by atoms with Gasteiger partial charge in [0.2, 0.25) is 8.32 Å². The van der Waals surface area contributed by atoms with Crippen LogP contribution in [-0.2, 0) is 4.43 Å². The molecule has 0 spiro atoms. The number of rotatable bonds is 5. The second-order valence-corrected chi connectivity index (χ2v) is 16.1. The van der Waals surface area contributed by atoms with Crippen LogP contribution in [0, 0.1) is 0 Å². The van der Waals surface area contributed by atoms with Gasteiger partial charge >= 0.3 is 0 Å². The summed E-state index contributed by atoms with van der Waals surface area (Å²) in [5.41, 5.74) is 3.86. The summed E-state index contributed by atoms with van der Waals surface area (Å²) in [6.07, 6.45) is 3.25. The zero-order chi connectivity index (χ0) is 25.3. The lowest BCUT2D eigenvalue weighted by atomic mass is 9.88. The van der Waals surface area contributed by atoms with Crippen LogP contribution in [0.25, 0.3) is 10.8 Å². The van der Waals surface area contributed by atoms with Crippen LogP contribution in [0.4, 0.5) is 5.69 Å². The van der Waals surface area contributed by atoms with Crippen molar-refractivity contribution in [3.63, 3.8) is 0 Å². The fraction of sp³-hybridized carbons (Fsp3) is 0.273. The summed E-state index contributed by atoms with van der Waals surface area (Å²) in [6.45, 7) is 11.6. The first-order valence-corrected chi connectivity index (χ1v) is 15.9. The van der Waals surface area contributed by atoms with Gasteiger partial charge in [-0.3, -0.25) is 0 Å². The highest BCUT2D eigenvalue weighted by Crippen LogP contribution is 2.47. The molecule has 36 heavy (non-hydrogen) atoms. The standard InChI is InChI=1S/C33H37NOSi/c1-33(2,3)36(4,5)35-28-23-31(26-16-8-6-9-17-26)34(27-19-10-7-11-20-27)32(24-28)30-22-14-18-25-15-12-13-21-29(25)30/h6-22,24,31-32H,23H2,1-5H3/t31-,32-/m1/s1. The van der Waals surface area contributed by atoms with Gasteiger partial charge in [-0.15, -0.1) is 0 Å². The van der Waals surface area contributed by atoms with E-state index in [4.69, 9.17) is 4.43 Å². The SMILES string of the molecule is CC(C)(C)[Si](C)(C)OC1=C[C@H](c2cccc3ccccc23)N(c2ccccc2)[C@@H](c2ccccc2)C1. The third-order valence-corrected chi connectivity index (χ3v) is 12.3. The van der Waals surface area contributed by atoms with E-state index < -0.39 is 8.32 Å². The van der Waals surface area contributed by atoms with E-state index in [-0.39, 0.29) is 17.1 Å². The van der Waals surface area contributed by atoms with Crippen LogP contribution >= 0.6 is 0 Å². The van der Waals surface area contributed by atoms with E-state index in [2.05, 4.69) is 148 Å². The summed E-state index contributed by atoms with van der Waals surface area (Å²) in [5, 5.41) is 2.70. The van der Waals surface area contributed by atoms with Crippen LogP contribution in [0.3, 0.4) is 0 Å². The molecule has 5 rings (SSSR count). The van der Waals surface area contributed by atoms with Gasteiger partial charge < -0.3 is 9.33 Å². The van der Waals surface area contributed by atoms with Gasteiger partial charge in [-0.2, -0.15) is 0 Å². The molecule has 184 valence electrons. The van der Waals surface area contributed by atoms with Crippen LogP contribution in [0.2, 0.25) is 18.1 Å². The molecule has 2 atom stereocenters. The van der Waals surface area contributed by atoms with Crippen molar-refractivity contribution < 1.29 is 4.43 Å². The number of para-hydroxylation sites is 1. The lowest BCUT2D eigenvalue weighted by Crippen LogP contribution is -2.43. The Morgan fingerprint density at radius 1 is 0.750 bits per heavy atom. The Hall–Kier alpha value is -3.30. The predicted molar refractivity (Wildman–Crippen MR) is 156 cm³/mol. The average Bonchev–Trinajstić information content (AvgIpc) is 2.88. The maximum absolute atomic E-state index is 7.02. The van der Waals surface area contributed by atoms with Gasteiger partial charge in [0.25, 0.3) is 0 Å². The molecule has 0 fully saturated rings. The Bertz CT molecular complexity index is 1350. The van der Waals surface area contributed by atoms with Gasteiger partial charge in [-0.05, 0) is 58.2 Å². The molecule has 0 aromatic heterocycles. The monoisotopic (exact) mass is 491 g/mol. The Kier molecular flexibility index (Phi) is 6.52. The Morgan fingerprint density at radius 2 is 1.36 bits per heavy atom. The molecule has 0 amide bonds. The van der Waals surface area contributed by atoms with Crippen molar-refractivity contribution in [2.45, 2.75) is 57.4 Å². The minimum atomic E-state index is -2.00. The molecular weight excluding hydrogens is 454 g/mol. The summed E-state index contributed by atoms with van der Waals surface area (Å²) in [5.74, 6) is 1.13. The van der Waals surface area contributed by atoms with E-state index >= 15 is 0 Å². The molecule has 0 unspecified atom stereocenters. The molecular formula is C33H37NOSi. The minimum Gasteiger partial charge on any atom is -0.547 e. The van der Waals surface area contributed by atoms with Gasteiger partial charge in [0.05, 0.1) is 17.8 Å². The molecule has 0 bridgehead atoms. The average molecular weight is 492 g/mol. The fourth-order valence-electron chi connectivity index (χ4n) is 5.01. The Balaban J connectivity index is 1.72. The Morgan fingerprint density at radius 3 is 2.06 bits per heavy atom. The summed E-state index contributed by atoms with van der Waals surface area (Å²) in [6, 6.07) is 37.4. The van der Waals surface area contributed by atoms with Crippen LogP contribution < -0.4 is 4.90 Å². The fourth-order valence-corrected chi connectivity index (χ4v) is 6.12.